The Morgan fingerprint density at radius 1 is 1.24 bits per heavy atom. The van der Waals surface area contributed by atoms with Gasteiger partial charge in [-0.3, -0.25) is 4.90 Å². The number of aromatic nitrogens is 1. The highest BCUT2D eigenvalue weighted by Gasteiger charge is 2.30. The smallest absolute Gasteiger partial charge is 0.118 e. The van der Waals surface area contributed by atoms with Crippen LogP contribution < -0.4 is 15.0 Å². The number of rotatable bonds is 3. The normalized spacial score (nSPS) is 20.6. The van der Waals surface area contributed by atoms with E-state index in [1.54, 1.807) is 7.11 Å². The van der Waals surface area contributed by atoms with Gasteiger partial charge < -0.3 is 15.0 Å². The fraction of sp³-hybridized carbons (Fsp3) is 0.421. The summed E-state index contributed by atoms with van der Waals surface area (Å²) < 4.78 is 6.17. The summed E-state index contributed by atoms with van der Waals surface area (Å²) in [5.41, 5.74) is 3.74. The molecule has 1 atom stereocenters. The summed E-state index contributed by atoms with van der Waals surface area (Å²) in [6, 6.07) is 13.1. The molecule has 25 heavy (non-hydrogen) atoms. The second-order valence-electron chi connectivity index (χ2n) is 6.67. The van der Waals surface area contributed by atoms with Crippen LogP contribution in [0.3, 0.4) is 0 Å². The largest absolute Gasteiger partial charge is 0.497 e. The van der Waals surface area contributed by atoms with Gasteiger partial charge in [0, 0.05) is 39.3 Å². The lowest BCUT2D eigenvalue weighted by Crippen LogP contribution is -2.54. The van der Waals surface area contributed by atoms with Crippen LogP contribution in [0, 0.1) is 0 Å². The second-order valence-corrected chi connectivity index (χ2v) is 7.48. The van der Waals surface area contributed by atoms with Gasteiger partial charge in [-0.15, -0.1) is 0 Å². The van der Waals surface area contributed by atoms with E-state index in [1.165, 1.54) is 11.3 Å². The second kappa shape index (κ2) is 7.32. The van der Waals surface area contributed by atoms with Crippen molar-refractivity contribution in [3.8, 4) is 5.75 Å². The number of anilines is 1. The van der Waals surface area contributed by atoms with E-state index in [-0.39, 0.29) is 0 Å². The number of hydrogen-bond acceptors (Lipinski definition) is 5. The average molecular weight is 403 g/mol. The van der Waals surface area contributed by atoms with Crippen molar-refractivity contribution in [3.05, 3.63) is 52.3 Å². The summed E-state index contributed by atoms with van der Waals surface area (Å²) in [6.45, 7) is 5.92. The first-order valence-electron chi connectivity index (χ1n) is 8.71. The number of methoxy groups -OCH3 is 1. The van der Waals surface area contributed by atoms with Crippen molar-refractivity contribution in [3.63, 3.8) is 0 Å². The van der Waals surface area contributed by atoms with Gasteiger partial charge in [0.2, 0.25) is 0 Å². The number of fused-ring (bicyclic) bond motifs is 3. The van der Waals surface area contributed by atoms with Crippen LogP contribution in [0.5, 0.6) is 5.75 Å². The third-order valence-corrected chi connectivity index (χ3v) is 5.43. The van der Waals surface area contributed by atoms with Crippen LogP contribution in [0.4, 0.5) is 5.69 Å². The molecule has 132 valence electrons. The molecule has 5 nitrogen and oxygen atoms in total. The van der Waals surface area contributed by atoms with Crippen molar-refractivity contribution in [1.29, 1.82) is 0 Å². The van der Waals surface area contributed by atoms with E-state index < -0.39 is 0 Å². The van der Waals surface area contributed by atoms with Crippen molar-refractivity contribution in [2.45, 2.75) is 19.1 Å². The Bertz CT molecular complexity index is 737. The number of halogens is 1. The summed E-state index contributed by atoms with van der Waals surface area (Å²) in [4.78, 5) is 9.80. The fourth-order valence-electron chi connectivity index (χ4n) is 3.77. The minimum absolute atomic E-state index is 0.483. The lowest BCUT2D eigenvalue weighted by molar-refractivity contribution is 0.235. The number of piperazine rings is 1. The first-order valence-corrected chi connectivity index (χ1v) is 9.50. The molecule has 1 aromatic carbocycles. The molecule has 0 aliphatic carbocycles. The first-order chi connectivity index (χ1) is 12.2. The molecule has 0 radical (unpaired) electrons. The zero-order valence-electron chi connectivity index (χ0n) is 14.4. The number of hydrogen-bond donors (Lipinski definition) is 1. The summed E-state index contributed by atoms with van der Waals surface area (Å²) in [7, 11) is 1.70. The highest BCUT2D eigenvalue weighted by Crippen LogP contribution is 2.29. The van der Waals surface area contributed by atoms with E-state index in [0.29, 0.717) is 6.04 Å². The Morgan fingerprint density at radius 3 is 2.88 bits per heavy atom. The molecule has 2 aromatic rings. The molecule has 3 heterocycles. The molecule has 0 bridgehead atoms. The van der Waals surface area contributed by atoms with E-state index >= 15 is 0 Å². The average Bonchev–Trinajstić information content (AvgIpc) is 2.78. The zero-order chi connectivity index (χ0) is 17.2. The highest BCUT2D eigenvalue weighted by molar-refractivity contribution is 9.10. The van der Waals surface area contributed by atoms with Crippen molar-refractivity contribution in [2.75, 3.05) is 38.2 Å². The van der Waals surface area contributed by atoms with E-state index in [1.807, 2.05) is 12.1 Å². The molecule has 1 N–H and O–H groups in total. The van der Waals surface area contributed by atoms with Crippen molar-refractivity contribution in [2.24, 2.45) is 0 Å². The lowest BCUT2D eigenvalue weighted by Gasteiger charge is -2.38. The van der Waals surface area contributed by atoms with Crippen molar-refractivity contribution < 1.29 is 4.74 Å². The van der Waals surface area contributed by atoms with Gasteiger partial charge in [0.15, 0.2) is 0 Å². The Labute approximate surface area is 157 Å². The minimum atomic E-state index is 0.483. The van der Waals surface area contributed by atoms with Crippen LogP contribution in [0.15, 0.2) is 41.0 Å². The van der Waals surface area contributed by atoms with Gasteiger partial charge in [0.1, 0.15) is 10.4 Å². The summed E-state index contributed by atoms with van der Waals surface area (Å²) in [5.74, 6) is 0.901. The maximum absolute atomic E-state index is 5.27. The number of benzene rings is 1. The Kier molecular flexibility index (Phi) is 4.92. The Morgan fingerprint density at radius 2 is 2.08 bits per heavy atom. The zero-order valence-corrected chi connectivity index (χ0v) is 16.0. The van der Waals surface area contributed by atoms with E-state index in [0.717, 1.165) is 55.3 Å². The monoisotopic (exact) mass is 402 g/mol. The maximum Gasteiger partial charge on any atom is 0.118 e. The fourth-order valence-corrected chi connectivity index (χ4v) is 4.12. The third-order valence-electron chi connectivity index (χ3n) is 4.98. The van der Waals surface area contributed by atoms with Gasteiger partial charge >= 0.3 is 0 Å². The predicted molar refractivity (Wildman–Crippen MR) is 103 cm³/mol. The molecule has 2 aliphatic rings. The first kappa shape index (κ1) is 16.8. The van der Waals surface area contributed by atoms with E-state index in [2.05, 4.69) is 55.3 Å². The Hall–Kier alpha value is -1.63. The third kappa shape index (κ3) is 3.66. The van der Waals surface area contributed by atoms with Crippen LogP contribution in [0.25, 0.3) is 0 Å². The molecule has 0 spiro atoms. The molecule has 2 aliphatic heterocycles. The van der Waals surface area contributed by atoms with Gasteiger partial charge in [-0.1, -0.05) is 12.1 Å². The molecular formula is C19H23BrN4O. The number of pyridine rings is 1. The van der Waals surface area contributed by atoms with Gasteiger partial charge in [0.25, 0.3) is 0 Å². The number of ether oxygens (including phenoxy) is 1. The maximum atomic E-state index is 5.27. The molecule has 1 saturated heterocycles. The van der Waals surface area contributed by atoms with E-state index in [4.69, 9.17) is 9.72 Å². The quantitative estimate of drug-likeness (QED) is 0.799. The summed E-state index contributed by atoms with van der Waals surface area (Å²) in [5, 5.41) is 3.54. The van der Waals surface area contributed by atoms with Gasteiger partial charge in [0.05, 0.1) is 24.5 Å². The molecule has 0 saturated carbocycles. The van der Waals surface area contributed by atoms with E-state index in [9.17, 15) is 0 Å². The minimum Gasteiger partial charge on any atom is -0.497 e. The van der Waals surface area contributed by atoms with Gasteiger partial charge in [-0.2, -0.15) is 0 Å². The lowest BCUT2D eigenvalue weighted by atomic mass is 10.1. The summed E-state index contributed by atoms with van der Waals surface area (Å²) in [6.07, 6.45) is 0. The molecule has 1 fully saturated rings. The molecule has 0 amide bonds. The number of nitrogens with zero attached hydrogens (tertiary/aromatic N) is 3. The molecule has 4 rings (SSSR count). The van der Waals surface area contributed by atoms with Crippen LogP contribution in [-0.4, -0.2) is 49.2 Å². The SMILES string of the molecule is COc1ccc(CN2Cc3nc(Br)ccc3N3CCNCC3C2)cc1. The number of nitrogens with one attached hydrogen (secondary N) is 1. The van der Waals surface area contributed by atoms with Crippen LogP contribution in [-0.2, 0) is 13.1 Å². The summed E-state index contributed by atoms with van der Waals surface area (Å²) >= 11 is 3.53. The van der Waals surface area contributed by atoms with Gasteiger partial charge in [-0.25, -0.2) is 4.98 Å². The van der Waals surface area contributed by atoms with Gasteiger partial charge in [-0.05, 0) is 45.8 Å². The van der Waals surface area contributed by atoms with Crippen LogP contribution in [0.1, 0.15) is 11.3 Å². The topological polar surface area (TPSA) is 40.6 Å². The van der Waals surface area contributed by atoms with Crippen molar-refractivity contribution >= 4 is 21.6 Å². The van der Waals surface area contributed by atoms with Crippen LogP contribution >= 0.6 is 15.9 Å². The molecule has 6 heteroatoms. The highest BCUT2D eigenvalue weighted by atomic mass is 79.9. The molecule has 1 aromatic heterocycles. The standard InChI is InChI=1S/C19H23BrN4O/c1-25-16-4-2-14(3-5-16)11-23-12-15-10-21-8-9-24(15)18-6-7-19(20)22-17(18)13-23/h2-7,15,21H,8-13H2,1H3. The van der Waals surface area contributed by atoms with Crippen molar-refractivity contribution in [1.82, 2.24) is 15.2 Å². The van der Waals surface area contributed by atoms with Crippen LogP contribution in [0.2, 0.25) is 0 Å². The molecular weight excluding hydrogens is 380 g/mol. The Balaban J connectivity index is 1.60. The predicted octanol–water partition coefficient (Wildman–Crippen LogP) is 2.65. The molecule has 1 unspecified atom stereocenters.